The Morgan fingerprint density at radius 3 is 2.69 bits per heavy atom. The van der Waals surface area contributed by atoms with Crippen LogP contribution in [0.3, 0.4) is 0 Å². The molecule has 0 bridgehead atoms. The number of nitrogens with one attached hydrogen (secondary N) is 1. The lowest BCUT2D eigenvalue weighted by molar-refractivity contribution is -0.117. The molecule has 0 aliphatic carbocycles. The van der Waals surface area contributed by atoms with Crippen molar-refractivity contribution >= 4 is 28.8 Å². The van der Waals surface area contributed by atoms with Crippen molar-refractivity contribution in [3.05, 3.63) is 87.4 Å². The van der Waals surface area contributed by atoms with E-state index in [2.05, 4.69) is 20.6 Å². The number of fused-ring (bicyclic) bond motifs is 1. The number of para-hydroxylation sites is 1. The molecule has 10 heteroatoms. The second-order valence-electron chi connectivity index (χ2n) is 8.00. The van der Waals surface area contributed by atoms with E-state index in [0.29, 0.717) is 22.1 Å². The van der Waals surface area contributed by atoms with E-state index in [1.54, 1.807) is 42.6 Å². The fraction of sp³-hybridized carbons (Fsp3) is 0.160. The maximum atomic E-state index is 13.0. The Bertz CT molecular complexity index is 1600. The maximum absolute atomic E-state index is 13.0. The molecule has 0 aliphatic heterocycles. The first-order valence-corrected chi connectivity index (χ1v) is 11.4. The first kappa shape index (κ1) is 22.5. The van der Waals surface area contributed by atoms with Gasteiger partial charge in [-0.2, -0.15) is 4.98 Å². The summed E-state index contributed by atoms with van der Waals surface area (Å²) < 4.78 is 7.92. The van der Waals surface area contributed by atoms with E-state index in [0.717, 1.165) is 33.5 Å². The van der Waals surface area contributed by atoms with Gasteiger partial charge in [0.25, 0.3) is 5.89 Å². The molecule has 0 aliphatic rings. The minimum absolute atomic E-state index is 0.203. The topological polar surface area (TPSA) is 107 Å². The van der Waals surface area contributed by atoms with E-state index >= 15 is 0 Å². The van der Waals surface area contributed by atoms with Gasteiger partial charge in [0.2, 0.25) is 11.7 Å². The third-order valence-corrected chi connectivity index (χ3v) is 5.92. The Balaban J connectivity index is 1.45. The van der Waals surface area contributed by atoms with Crippen molar-refractivity contribution in [2.75, 3.05) is 5.32 Å². The number of pyridine rings is 1. The van der Waals surface area contributed by atoms with Gasteiger partial charge in [0.1, 0.15) is 6.54 Å². The SMILES string of the molecule is CCc1cccc(C)c1NC(=O)Cn1nc2c(-c3nc(-c4ccc(Cl)cc4)no3)cccn2c1=O. The van der Waals surface area contributed by atoms with E-state index in [1.807, 2.05) is 32.0 Å². The third-order valence-electron chi connectivity index (χ3n) is 5.67. The van der Waals surface area contributed by atoms with Gasteiger partial charge in [0, 0.05) is 22.5 Å². The van der Waals surface area contributed by atoms with E-state index in [-0.39, 0.29) is 18.3 Å². The van der Waals surface area contributed by atoms with E-state index in [9.17, 15) is 9.59 Å². The molecule has 0 atom stereocenters. The molecule has 1 N–H and O–H groups in total. The summed E-state index contributed by atoms with van der Waals surface area (Å²) in [5, 5.41) is 11.9. The van der Waals surface area contributed by atoms with Gasteiger partial charge < -0.3 is 9.84 Å². The monoisotopic (exact) mass is 488 g/mol. The van der Waals surface area contributed by atoms with Gasteiger partial charge in [-0.1, -0.05) is 41.9 Å². The summed E-state index contributed by atoms with van der Waals surface area (Å²) in [6.45, 7) is 3.71. The molecule has 3 heterocycles. The lowest BCUT2D eigenvalue weighted by Crippen LogP contribution is -2.28. The minimum Gasteiger partial charge on any atom is -0.333 e. The van der Waals surface area contributed by atoms with E-state index < -0.39 is 5.69 Å². The molecule has 3 aromatic heterocycles. The first-order valence-electron chi connectivity index (χ1n) is 11.0. The minimum atomic E-state index is -0.449. The number of anilines is 1. The average molecular weight is 489 g/mol. The van der Waals surface area contributed by atoms with Crippen LogP contribution >= 0.6 is 11.6 Å². The number of hydrogen-bond acceptors (Lipinski definition) is 6. The molecule has 0 fully saturated rings. The van der Waals surface area contributed by atoms with Crippen LogP contribution in [0.4, 0.5) is 5.69 Å². The molecule has 1 amide bonds. The molecule has 0 spiro atoms. The van der Waals surface area contributed by atoms with Crippen LogP contribution in [0.15, 0.2) is 70.1 Å². The highest BCUT2D eigenvalue weighted by Gasteiger charge is 2.19. The number of carbonyl (C=O) groups is 1. The number of hydrogen-bond donors (Lipinski definition) is 1. The lowest BCUT2D eigenvalue weighted by Gasteiger charge is -2.12. The van der Waals surface area contributed by atoms with E-state index in [4.69, 9.17) is 16.1 Å². The molecule has 0 saturated carbocycles. The summed E-state index contributed by atoms with van der Waals surface area (Å²) in [6.07, 6.45) is 2.35. The van der Waals surface area contributed by atoms with Crippen LogP contribution in [0.2, 0.25) is 5.02 Å². The highest BCUT2D eigenvalue weighted by molar-refractivity contribution is 6.30. The number of rotatable bonds is 6. The number of halogens is 1. The Morgan fingerprint density at radius 1 is 1.11 bits per heavy atom. The number of nitrogens with zero attached hydrogens (tertiary/aromatic N) is 5. The molecule has 0 unspecified atom stereocenters. The Labute approximate surface area is 205 Å². The molecule has 9 nitrogen and oxygen atoms in total. The Hall–Kier alpha value is -4.24. The van der Waals surface area contributed by atoms with Crippen LogP contribution in [0.1, 0.15) is 18.1 Å². The fourth-order valence-corrected chi connectivity index (χ4v) is 4.00. The predicted octanol–water partition coefficient (Wildman–Crippen LogP) is 4.38. The lowest BCUT2D eigenvalue weighted by atomic mass is 10.1. The summed E-state index contributed by atoms with van der Waals surface area (Å²) in [7, 11) is 0. The van der Waals surface area contributed by atoms with Crippen molar-refractivity contribution in [3.8, 4) is 22.8 Å². The molecule has 35 heavy (non-hydrogen) atoms. The van der Waals surface area contributed by atoms with Gasteiger partial charge in [0.15, 0.2) is 5.65 Å². The summed E-state index contributed by atoms with van der Waals surface area (Å²) >= 11 is 5.95. The van der Waals surface area contributed by atoms with E-state index in [1.165, 1.54) is 4.40 Å². The number of aromatic nitrogens is 5. The quantitative estimate of drug-likeness (QED) is 0.380. The molecule has 176 valence electrons. The second-order valence-corrected chi connectivity index (χ2v) is 8.43. The zero-order valence-corrected chi connectivity index (χ0v) is 19.8. The van der Waals surface area contributed by atoms with Gasteiger partial charge in [-0.15, -0.1) is 5.10 Å². The molecule has 2 aromatic carbocycles. The van der Waals surface area contributed by atoms with Crippen LogP contribution < -0.4 is 11.0 Å². The van der Waals surface area contributed by atoms with Crippen molar-refractivity contribution in [3.63, 3.8) is 0 Å². The van der Waals surface area contributed by atoms with Crippen molar-refractivity contribution < 1.29 is 9.32 Å². The van der Waals surface area contributed by atoms with Gasteiger partial charge in [-0.05, 0) is 60.9 Å². The summed E-state index contributed by atoms with van der Waals surface area (Å²) in [5.41, 5.74) is 3.81. The number of carbonyl (C=O) groups excluding carboxylic acids is 1. The van der Waals surface area contributed by atoms with Crippen molar-refractivity contribution in [2.45, 2.75) is 26.8 Å². The third kappa shape index (κ3) is 4.33. The van der Waals surface area contributed by atoms with Gasteiger partial charge in [0.05, 0.1) is 5.56 Å². The van der Waals surface area contributed by atoms with Crippen molar-refractivity contribution in [1.29, 1.82) is 0 Å². The Kier molecular flexibility index (Phi) is 5.92. The highest BCUT2D eigenvalue weighted by Crippen LogP contribution is 2.25. The van der Waals surface area contributed by atoms with Crippen LogP contribution in [0.25, 0.3) is 28.5 Å². The first-order chi connectivity index (χ1) is 16.9. The van der Waals surface area contributed by atoms with Crippen molar-refractivity contribution in [1.82, 2.24) is 24.3 Å². The molecule has 0 radical (unpaired) electrons. The predicted molar refractivity (Wildman–Crippen MR) is 132 cm³/mol. The molecule has 5 aromatic rings. The van der Waals surface area contributed by atoms with Crippen LogP contribution in [-0.2, 0) is 17.8 Å². The fourth-order valence-electron chi connectivity index (χ4n) is 3.87. The zero-order valence-electron chi connectivity index (χ0n) is 19.0. The Morgan fingerprint density at radius 2 is 1.91 bits per heavy atom. The second kappa shape index (κ2) is 9.19. The number of aryl methyl sites for hydroxylation is 2. The molecular formula is C25H21ClN6O3. The molecule has 0 saturated heterocycles. The average Bonchev–Trinajstić information content (AvgIpc) is 3.46. The highest BCUT2D eigenvalue weighted by atomic mass is 35.5. The summed E-state index contributed by atoms with van der Waals surface area (Å²) in [4.78, 5) is 30.2. The molecule has 5 rings (SSSR count). The van der Waals surface area contributed by atoms with Gasteiger partial charge in [-0.25, -0.2) is 13.9 Å². The maximum Gasteiger partial charge on any atom is 0.350 e. The largest absolute Gasteiger partial charge is 0.350 e. The van der Waals surface area contributed by atoms with Gasteiger partial charge >= 0.3 is 5.69 Å². The standard InChI is InChI=1S/C25H21ClN6O3/c1-3-16-7-4-6-15(2)21(16)27-20(33)14-32-25(34)31-13-5-8-19(23(31)29-32)24-28-22(30-35-24)17-9-11-18(26)12-10-17/h4-13H,3,14H2,1-2H3,(H,27,33). The van der Waals surface area contributed by atoms with Crippen molar-refractivity contribution in [2.24, 2.45) is 0 Å². The number of benzene rings is 2. The number of amides is 1. The summed E-state index contributed by atoms with van der Waals surface area (Å²) in [5.74, 6) is 0.239. The van der Waals surface area contributed by atoms with Gasteiger partial charge in [-0.3, -0.25) is 4.79 Å². The smallest absolute Gasteiger partial charge is 0.333 e. The van der Waals surface area contributed by atoms with Crippen LogP contribution in [0, 0.1) is 6.92 Å². The molecular weight excluding hydrogens is 468 g/mol. The summed E-state index contributed by atoms with van der Waals surface area (Å²) in [6, 6.07) is 16.3. The zero-order chi connectivity index (χ0) is 24.5. The van der Waals surface area contributed by atoms with Crippen LogP contribution in [-0.4, -0.2) is 30.2 Å². The van der Waals surface area contributed by atoms with Crippen LogP contribution in [0.5, 0.6) is 0 Å². The normalized spacial score (nSPS) is 11.2.